The number of ether oxygens (including phenoxy) is 1. The number of aromatic amines is 1. The van der Waals surface area contributed by atoms with E-state index in [2.05, 4.69) is 27.3 Å². The number of piperazine rings is 1. The Balaban J connectivity index is 0.676. The molecule has 6 fully saturated rings. The predicted octanol–water partition coefficient (Wildman–Crippen LogP) is 6.82. The van der Waals surface area contributed by atoms with E-state index in [9.17, 15) is 28.8 Å². The fourth-order valence-electron chi connectivity index (χ4n) is 12.4. The third-order valence-electron chi connectivity index (χ3n) is 17.4. The van der Waals surface area contributed by atoms with Crippen LogP contribution in [0.25, 0.3) is 10.8 Å². The fourth-order valence-corrected chi connectivity index (χ4v) is 12.4. The molecule has 4 aliphatic heterocycles. The average Bonchev–Trinajstić information content (AvgIpc) is 4.20. The minimum Gasteiger partial charge on any atom is -0.372 e. The number of amides is 5. The molecule has 3 aromatic carbocycles. The van der Waals surface area contributed by atoms with Crippen LogP contribution in [0.1, 0.15) is 141 Å². The summed E-state index contributed by atoms with van der Waals surface area (Å²) in [6.45, 7) is 9.10. The van der Waals surface area contributed by atoms with Crippen LogP contribution < -0.4 is 10.9 Å². The molecule has 15 nitrogen and oxygen atoms in total. The molecule has 4 saturated heterocycles. The number of rotatable bonds is 13. The van der Waals surface area contributed by atoms with Crippen molar-refractivity contribution >= 4 is 40.3 Å². The van der Waals surface area contributed by atoms with Crippen molar-refractivity contribution < 1.29 is 37.5 Å². The van der Waals surface area contributed by atoms with Crippen molar-refractivity contribution in [1.29, 1.82) is 0 Å². The third kappa shape index (κ3) is 11.7. The van der Waals surface area contributed by atoms with Crippen LogP contribution in [-0.2, 0) is 25.5 Å². The third-order valence-corrected chi connectivity index (χ3v) is 17.4. The highest BCUT2D eigenvalue weighted by atomic mass is 19.1. The number of benzene rings is 3. The molecule has 1 aromatic heterocycles. The number of fused-ring (bicyclic) bond motifs is 1. The minimum absolute atomic E-state index is 0.0120. The van der Waals surface area contributed by atoms with Crippen molar-refractivity contribution in [2.75, 3.05) is 72.0 Å². The highest BCUT2D eigenvalue weighted by molar-refractivity contribution is 5.98. The van der Waals surface area contributed by atoms with Gasteiger partial charge in [0.05, 0.1) is 40.5 Å². The normalized spacial score (nSPS) is 21.9. The molecule has 2 saturated carbocycles. The maximum absolute atomic E-state index is 16.4. The number of piperidine rings is 3. The molecule has 5 heterocycles. The Hall–Kier alpha value is -6.07. The Labute approximate surface area is 437 Å². The summed E-state index contributed by atoms with van der Waals surface area (Å²) in [7, 11) is 0. The van der Waals surface area contributed by atoms with Crippen LogP contribution in [0.2, 0.25) is 0 Å². The topological polar surface area (TPSA) is 169 Å². The average molecular weight is 1030 g/mol. The van der Waals surface area contributed by atoms with E-state index in [4.69, 9.17) is 4.74 Å². The second-order valence-corrected chi connectivity index (χ2v) is 22.8. The van der Waals surface area contributed by atoms with Gasteiger partial charge in [-0.3, -0.25) is 33.7 Å². The number of hydrogen-bond donors (Lipinski definition) is 2. The lowest BCUT2D eigenvalue weighted by Gasteiger charge is -2.44. The maximum atomic E-state index is 16.4. The molecule has 0 bridgehead atoms. The highest BCUT2D eigenvalue weighted by Crippen LogP contribution is 2.47. The lowest BCUT2D eigenvalue weighted by Crippen LogP contribution is -2.56. The van der Waals surface area contributed by atoms with Crippen molar-refractivity contribution in [2.24, 2.45) is 11.3 Å². The van der Waals surface area contributed by atoms with E-state index >= 15 is 8.78 Å². The summed E-state index contributed by atoms with van der Waals surface area (Å²) in [4.78, 5) is 90.4. The minimum atomic E-state index is -0.759. The van der Waals surface area contributed by atoms with Gasteiger partial charge in [-0.15, -0.1) is 0 Å². The van der Waals surface area contributed by atoms with Crippen LogP contribution >= 0.6 is 0 Å². The molecule has 2 aliphatic carbocycles. The van der Waals surface area contributed by atoms with E-state index in [0.29, 0.717) is 99.2 Å². The first-order valence-corrected chi connectivity index (χ1v) is 27.5. The summed E-state index contributed by atoms with van der Waals surface area (Å²) in [5, 5.41) is 11.0. The van der Waals surface area contributed by atoms with E-state index in [1.165, 1.54) is 12.1 Å². The first-order chi connectivity index (χ1) is 36.1. The molecule has 4 aromatic rings. The fraction of sp³-hybridized carbons (Fsp3) is 0.569. The Morgan fingerprint density at radius 1 is 0.733 bits per heavy atom. The van der Waals surface area contributed by atoms with Crippen LogP contribution in [0.3, 0.4) is 0 Å². The molecular formula is C58H72F2N8O7. The second kappa shape index (κ2) is 22.3. The molecular weight excluding hydrogens is 959 g/mol. The van der Waals surface area contributed by atoms with E-state index < -0.39 is 35.1 Å². The van der Waals surface area contributed by atoms with Gasteiger partial charge < -0.3 is 29.7 Å². The standard InChI is InChI=1S/C58H72F2N8O7/c1-57(21-22-57)56(74)68-25-9-12-40(36-68)42-15-8-16-45(50(42)60)52(70)61-51(39-10-4-3-5-11-39)55(73)66-26-19-41(20-27-66)75-58(2)23-28-64(29-24-58)37-49(69)65-30-32-67(33-31-65)54(72)46-34-38(17-18-47(46)59)35-48-43-13-6-7-14-44(43)53(71)63-62-48/h6-8,13-18,34,39-41,51H,3-5,9-12,19-33,35-37H2,1-2H3,(H,61,70)(H,63,71)/t40?,51-/m1/s1. The van der Waals surface area contributed by atoms with Crippen LogP contribution in [0.5, 0.6) is 0 Å². The zero-order valence-corrected chi connectivity index (χ0v) is 43.6. The van der Waals surface area contributed by atoms with Crippen LogP contribution in [0.4, 0.5) is 8.78 Å². The summed E-state index contributed by atoms with van der Waals surface area (Å²) in [5.41, 5.74) is 0.662. The summed E-state index contributed by atoms with van der Waals surface area (Å²) >= 11 is 0. The Morgan fingerprint density at radius 3 is 2.16 bits per heavy atom. The second-order valence-electron chi connectivity index (χ2n) is 22.8. The summed E-state index contributed by atoms with van der Waals surface area (Å²) in [6, 6.07) is 15.8. The number of carbonyl (C=O) groups excluding carboxylic acids is 5. The SMILES string of the molecule is CC1(OC2CCN(C(=O)[C@H](NC(=O)c3cccc(C4CCCN(C(=O)C5(C)CC5)C4)c3F)C3CCCCC3)CC2)CCN(CC(=O)N2CCN(C(=O)c3cc(Cc4n[nH]c(=O)c5ccccc45)ccc3F)CC2)CC1. The quantitative estimate of drug-likeness (QED) is 0.146. The molecule has 17 heteroatoms. The molecule has 10 rings (SSSR count). The van der Waals surface area contributed by atoms with Crippen LogP contribution in [-0.4, -0.2) is 154 Å². The first kappa shape index (κ1) is 52.4. The highest BCUT2D eigenvalue weighted by Gasteiger charge is 2.48. The van der Waals surface area contributed by atoms with Crippen molar-refractivity contribution in [1.82, 2.24) is 40.0 Å². The zero-order chi connectivity index (χ0) is 52.4. The molecule has 2 atom stereocenters. The molecule has 400 valence electrons. The number of H-pyrrole nitrogens is 1. The van der Waals surface area contributed by atoms with Crippen molar-refractivity contribution in [2.45, 2.75) is 127 Å². The van der Waals surface area contributed by atoms with Gasteiger partial charge in [-0.2, -0.15) is 5.10 Å². The lowest BCUT2D eigenvalue weighted by atomic mass is 9.82. The van der Waals surface area contributed by atoms with Gasteiger partial charge in [0.1, 0.15) is 17.7 Å². The Morgan fingerprint density at radius 2 is 1.44 bits per heavy atom. The summed E-state index contributed by atoms with van der Waals surface area (Å²) in [6.07, 6.45) is 11.0. The van der Waals surface area contributed by atoms with E-state index in [0.717, 1.165) is 70.6 Å². The van der Waals surface area contributed by atoms with Gasteiger partial charge in [-0.05, 0) is 112 Å². The van der Waals surface area contributed by atoms with Crippen molar-refractivity contribution in [3.05, 3.63) is 111 Å². The largest absolute Gasteiger partial charge is 0.372 e. The number of carbonyl (C=O) groups is 5. The smallest absolute Gasteiger partial charge is 0.272 e. The Kier molecular flexibility index (Phi) is 15.5. The molecule has 1 unspecified atom stereocenters. The zero-order valence-electron chi connectivity index (χ0n) is 43.6. The monoisotopic (exact) mass is 1030 g/mol. The van der Waals surface area contributed by atoms with Gasteiger partial charge in [-0.25, -0.2) is 13.9 Å². The molecule has 2 N–H and O–H groups in total. The number of nitrogens with one attached hydrogen (secondary N) is 2. The lowest BCUT2D eigenvalue weighted by molar-refractivity contribution is -0.148. The van der Waals surface area contributed by atoms with E-state index in [-0.39, 0.29) is 77.4 Å². The summed E-state index contributed by atoms with van der Waals surface area (Å²) < 4.78 is 38.3. The van der Waals surface area contributed by atoms with E-state index in [1.807, 2.05) is 28.9 Å². The predicted molar refractivity (Wildman–Crippen MR) is 279 cm³/mol. The van der Waals surface area contributed by atoms with Gasteiger partial charge in [0, 0.05) is 88.6 Å². The summed E-state index contributed by atoms with van der Waals surface area (Å²) in [5.74, 6) is -2.43. The number of halogens is 2. The maximum Gasteiger partial charge on any atom is 0.272 e. The first-order valence-electron chi connectivity index (χ1n) is 27.5. The van der Waals surface area contributed by atoms with Crippen molar-refractivity contribution in [3.63, 3.8) is 0 Å². The van der Waals surface area contributed by atoms with Gasteiger partial charge in [-0.1, -0.05) is 62.6 Å². The van der Waals surface area contributed by atoms with E-state index in [1.54, 1.807) is 46.2 Å². The number of likely N-dealkylation sites (tertiary alicyclic amines) is 3. The molecule has 75 heavy (non-hydrogen) atoms. The number of aromatic nitrogens is 2. The number of nitrogens with zero attached hydrogens (tertiary/aromatic N) is 6. The van der Waals surface area contributed by atoms with Crippen LogP contribution in [0, 0.1) is 23.0 Å². The van der Waals surface area contributed by atoms with Crippen molar-refractivity contribution in [3.8, 4) is 0 Å². The van der Waals surface area contributed by atoms with Gasteiger partial charge >= 0.3 is 0 Å². The molecule has 0 spiro atoms. The number of hydrogen-bond acceptors (Lipinski definition) is 9. The molecule has 6 aliphatic rings. The molecule has 5 amide bonds. The van der Waals surface area contributed by atoms with Gasteiger partial charge in [0.15, 0.2) is 0 Å². The van der Waals surface area contributed by atoms with Crippen LogP contribution in [0.15, 0.2) is 65.5 Å². The van der Waals surface area contributed by atoms with Gasteiger partial charge in [0.25, 0.3) is 17.4 Å². The molecule has 0 radical (unpaired) electrons. The van der Waals surface area contributed by atoms with Gasteiger partial charge in [0.2, 0.25) is 17.7 Å². The Bertz CT molecular complexity index is 2840.